The molecule has 1 aliphatic rings. The van der Waals surface area contributed by atoms with Crippen molar-refractivity contribution in [1.29, 1.82) is 0 Å². The summed E-state index contributed by atoms with van der Waals surface area (Å²) in [7, 11) is 0. The van der Waals surface area contributed by atoms with Gasteiger partial charge in [0.1, 0.15) is 0 Å². The van der Waals surface area contributed by atoms with Crippen molar-refractivity contribution in [3.63, 3.8) is 0 Å². The van der Waals surface area contributed by atoms with Gasteiger partial charge in [-0.3, -0.25) is 9.48 Å². The van der Waals surface area contributed by atoms with Crippen molar-refractivity contribution in [3.8, 4) is 0 Å². The van der Waals surface area contributed by atoms with E-state index in [1.54, 1.807) is 10.9 Å². The predicted molar refractivity (Wildman–Crippen MR) is 62.1 cm³/mol. The number of anilines is 1. The van der Waals surface area contributed by atoms with E-state index in [1.165, 1.54) is 0 Å². The van der Waals surface area contributed by atoms with Gasteiger partial charge in [-0.25, -0.2) is 0 Å². The van der Waals surface area contributed by atoms with Gasteiger partial charge in [0.2, 0.25) is 0 Å². The molecule has 2 heterocycles. The number of aromatic nitrogens is 2. The van der Waals surface area contributed by atoms with E-state index in [2.05, 4.69) is 12.0 Å². The molecule has 0 radical (unpaired) electrons. The predicted octanol–water partition coefficient (Wildman–Crippen LogP) is 1.11. The van der Waals surface area contributed by atoms with Crippen LogP contribution >= 0.6 is 0 Å². The molecule has 0 bridgehead atoms. The van der Waals surface area contributed by atoms with Crippen molar-refractivity contribution in [2.75, 3.05) is 18.8 Å². The Balaban J connectivity index is 2.15. The minimum absolute atomic E-state index is 0.0233. The second-order valence-corrected chi connectivity index (χ2v) is 4.20. The summed E-state index contributed by atoms with van der Waals surface area (Å²) in [5.74, 6) is -0.0233. The Hall–Kier alpha value is -1.52. The maximum absolute atomic E-state index is 12.1. The Morgan fingerprint density at radius 2 is 2.19 bits per heavy atom. The zero-order valence-electron chi connectivity index (χ0n) is 9.65. The van der Waals surface area contributed by atoms with Crippen LogP contribution in [-0.4, -0.2) is 33.7 Å². The molecule has 1 saturated heterocycles. The largest absolute Gasteiger partial charge is 0.396 e. The van der Waals surface area contributed by atoms with Crippen LogP contribution < -0.4 is 5.73 Å². The maximum atomic E-state index is 12.1. The Bertz CT molecular complexity index is 379. The fourth-order valence-corrected chi connectivity index (χ4v) is 2.02. The summed E-state index contributed by atoms with van der Waals surface area (Å²) in [5, 5.41) is 4.24. The molecule has 1 aromatic rings. The van der Waals surface area contributed by atoms with Gasteiger partial charge < -0.3 is 10.6 Å². The highest BCUT2D eigenvalue weighted by atomic mass is 16.2. The standard InChI is InChI=1S/C11H18N4O/c1-2-5-15-8-9(12)10(13-15)11(16)14-6-3-4-7-14/h8H,2-7,12H2,1H3. The average Bonchev–Trinajstić information content (AvgIpc) is 2.87. The lowest BCUT2D eigenvalue weighted by atomic mass is 10.3. The van der Waals surface area contributed by atoms with Crippen molar-refractivity contribution in [2.45, 2.75) is 32.7 Å². The van der Waals surface area contributed by atoms with E-state index in [-0.39, 0.29) is 5.91 Å². The van der Waals surface area contributed by atoms with Gasteiger partial charge in [-0.2, -0.15) is 5.10 Å². The van der Waals surface area contributed by atoms with Crippen LogP contribution in [0.25, 0.3) is 0 Å². The number of nitrogens with zero attached hydrogens (tertiary/aromatic N) is 3. The van der Waals surface area contributed by atoms with Gasteiger partial charge in [0.15, 0.2) is 5.69 Å². The van der Waals surface area contributed by atoms with Crippen LogP contribution in [0.1, 0.15) is 36.7 Å². The van der Waals surface area contributed by atoms with Crippen LogP contribution in [-0.2, 0) is 6.54 Å². The molecule has 1 aromatic heterocycles. The maximum Gasteiger partial charge on any atom is 0.276 e. The number of nitrogens with two attached hydrogens (primary N) is 1. The van der Waals surface area contributed by atoms with Gasteiger partial charge in [-0.15, -0.1) is 0 Å². The zero-order chi connectivity index (χ0) is 11.5. The van der Waals surface area contributed by atoms with Crippen LogP contribution in [0.2, 0.25) is 0 Å². The van der Waals surface area contributed by atoms with Gasteiger partial charge in [-0.05, 0) is 19.3 Å². The molecule has 1 fully saturated rings. The summed E-state index contributed by atoms with van der Waals surface area (Å²) in [6, 6.07) is 0. The van der Waals surface area contributed by atoms with Gasteiger partial charge in [0.05, 0.1) is 5.69 Å². The van der Waals surface area contributed by atoms with Crippen LogP contribution in [0.4, 0.5) is 5.69 Å². The fraction of sp³-hybridized carbons (Fsp3) is 0.636. The highest BCUT2D eigenvalue weighted by Crippen LogP contribution is 2.16. The van der Waals surface area contributed by atoms with Crippen molar-refractivity contribution in [3.05, 3.63) is 11.9 Å². The molecule has 0 aliphatic carbocycles. The molecule has 88 valence electrons. The molecule has 0 unspecified atom stereocenters. The Labute approximate surface area is 95.2 Å². The van der Waals surface area contributed by atoms with Crippen LogP contribution in [0.3, 0.4) is 0 Å². The number of nitrogen functional groups attached to an aromatic ring is 1. The first-order valence-corrected chi connectivity index (χ1v) is 5.84. The summed E-state index contributed by atoms with van der Waals surface area (Å²) >= 11 is 0. The number of hydrogen-bond donors (Lipinski definition) is 1. The molecule has 1 aliphatic heterocycles. The van der Waals surface area contributed by atoms with E-state index < -0.39 is 0 Å². The summed E-state index contributed by atoms with van der Waals surface area (Å²) in [6.07, 6.45) is 4.90. The molecular weight excluding hydrogens is 204 g/mol. The molecule has 5 heteroatoms. The lowest BCUT2D eigenvalue weighted by Gasteiger charge is -2.13. The van der Waals surface area contributed by atoms with E-state index in [4.69, 9.17) is 5.73 Å². The molecule has 2 rings (SSSR count). The van der Waals surface area contributed by atoms with E-state index in [9.17, 15) is 4.79 Å². The molecule has 0 aromatic carbocycles. The van der Waals surface area contributed by atoms with Crippen LogP contribution in [0.15, 0.2) is 6.20 Å². The number of likely N-dealkylation sites (tertiary alicyclic amines) is 1. The number of amides is 1. The summed E-state index contributed by atoms with van der Waals surface area (Å²) in [6.45, 7) is 4.54. The van der Waals surface area contributed by atoms with Gasteiger partial charge in [0.25, 0.3) is 5.91 Å². The van der Waals surface area contributed by atoms with E-state index in [0.717, 1.165) is 38.9 Å². The molecule has 0 atom stereocenters. The SMILES string of the molecule is CCCn1cc(N)c(C(=O)N2CCCC2)n1. The topological polar surface area (TPSA) is 64.2 Å². The number of hydrogen-bond acceptors (Lipinski definition) is 3. The second-order valence-electron chi connectivity index (χ2n) is 4.20. The number of rotatable bonds is 3. The normalized spacial score (nSPS) is 15.7. The molecule has 16 heavy (non-hydrogen) atoms. The van der Waals surface area contributed by atoms with Crippen molar-refractivity contribution in [1.82, 2.24) is 14.7 Å². The number of carbonyl (C=O) groups excluding carboxylic acids is 1. The Morgan fingerprint density at radius 3 is 2.81 bits per heavy atom. The molecule has 5 nitrogen and oxygen atoms in total. The lowest BCUT2D eigenvalue weighted by molar-refractivity contribution is 0.0787. The smallest absolute Gasteiger partial charge is 0.276 e. The Kier molecular flexibility index (Phi) is 3.12. The van der Waals surface area contributed by atoms with E-state index in [1.807, 2.05) is 4.90 Å². The average molecular weight is 222 g/mol. The van der Waals surface area contributed by atoms with Crippen molar-refractivity contribution in [2.24, 2.45) is 0 Å². The fourth-order valence-electron chi connectivity index (χ4n) is 2.02. The van der Waals surface area contributed by atoms with Crippen molar-refractivity contribution >= 4 is 11.6 Å². The minimum atomic E-state index is -0.0233. The van der Waals surface area contributed by atoms with Gasteiger partial charge in [0, 0.05) is 25.8 Å². The third kappa shape index (κ3) is 2.03. The monoisotopic (exact) mass is 222 g/mol. The highest BCUT2D eigenvalue weighted by Gasteiger charge is 2.23. The zero-order valence-corrected chi connectivity index (χ0v) is 9.65. The third-order valence-electron chi connectivity index (χ3n) is 2.84. The van der Waals surface area contributed by atoms with E-state index in [0.29, 0.717) is 11.4 Å². The first-order chi connectivity index (χ1) is 7.72. The van der Waals surface area contributed by atoms with E-state index >= 15 is 0 Å². The number of aryl methyl sites for hydroxylation is 1. The first kappa shape index (κ1) is 11.0. The minimum Gasteiger partial charge on any atom is -0.396 e. The molecule has 2 N–H and O–H groups in total. The molecule has 0 saturated carbocycles. The molecule has 1 amide bonds. The molecule has 0 spiro atoms. The van der Waals surface area contributed by atoms with Gasteiger partial charge in [-0.1, -0.05) is 6.92 Å². The summed E-state index contributed by atoms with van der Waals surface area (Å²) in [5.41, 5.74) is 6.71. The van der Waals surface area contributed by atoms with Crippen LogP contribution in [0.5, 0.6) is 0 Å². The highest BCUT2D eigenvalue weighted by molar-refractivity contribution is 5.97. The summed E-state index contributed by atoms with van der Waals surface area (Å²) in [4.78, 5) is 13.9. The Morgan fingerprint density at radius 1 is 1.50 bits per heavy atom. The summed E-state index contributed by atoms with van der Waals surface area (Å²) < 4.78 is 1.75. The quantitative estimate of drug-likeness (QED) is 0.833. The number of carbonyl (C=O) groups is 1. The molecular formula is C11H18N4O. The lowest BCUT2D eigenvalue weighted by Crippen LogP contribution is -2.28. The van der Waals surface area contributed by atoms with Gasteiger partial charge >= 0.3 is 0 Å². The van der Waals surface area contributed by atoms with Crippen molar-refractivity contribution < 1.29 is 4.79 Å². The van der Waals surface area contributed by atoms with Crippen LogP contribution in [0, 0.1) is 0 Å². The first-order valence-electron chi connectivity index (χ1n) is 5.84. The third-order valence-corrected chi connectivity index (χ3v) is 2.84. The second kappa shape index (κ2) is 4.55.